The predicted molar refractivity (Wildman–Crippen MR) is 69.5 cm³/mol. The van der Waals surface area contributed by atoms with Gasteiger partial charge in [-0.2, -0.15) is 0 Å². The quantitative estimate of drug-likeness (QED) is 0.763. The van der Waals surface area contributed by atoms with Crippen molar-refractivity contribution >= 4 is 29.3 Å². The van der Waals surface area contributed by atoms with Gasteiger partial charge in [0.15, 0.2) is 6.10 Å². The summed E-state index contributed by atoms with van der Waals surface area (Å²) >= 11 is 1.58. The van der Waals surface area contributed by atoms with Gasteiger partial charge in [-0.3, -0.25) is 4.79 Å². The minimum absolute atomic E-state index is 0.0571. The van der Waals surface area contributed by atoms with E-state index >= 15 is 0 Å². The number of rotatable bonds is 6. The molecule has 0 saturated heterocycles. The van der Waals surface area contributed by atoms with E-state index in [1.54, 1.807) is 17.4 Å². The molecule has 1 aromatic rings. The molecule has 0 saturated carbocycles. The maximum Gasteiger partial charge on any atom is 0.334 e. The third-order valence-electron chi connectivity index (χ3n) is 2.18. The van der Waals surface area contributed by atoms with E-state index in [0.717, 1.165) is 4.88 Å². The highest BCUT2D eigenvalue weighted by Crippen LogP contribution is 2.16. The Hall–Kier alpha value is -1.66. The van der Waals surface area contributed by atoms with Crippen LogP contribution in [0, 0.1) is 6.92 Å². The van der Waals surface area contributed by atoms with E-state index in [9.17, 15) is 9.59 Å². The Morgan fingerprint density at radius 3 is 2.78 bits per heavy atom. The minimum Gasteiger partial charge on any atom is -0.479 e. The molecule has 0 aliphatic heterocycles. The Kier molecular flexibility index (Phi) is 5.54. The van der Waals surface area contributed by atoms with Crippen LogP contribution >= 0.6 is 11.3 Å². The second-order valence-corrected chi connectivity index (χ2v) is 4.91. The number of carbonyl (C=O) groups excluding carboxylic acids is 1. The molecule has 1 rings (SSSR count). The van der Waals surface area contributed by atoms with Crippen LogP contribution in [0.5, 0.6) is 0 Å². The highest BCUT2D eigenvalue weighted by Gasteiger charge is 2.16. The molecule has 1 unspecified atom stereocenters. The van der Waals surface area contributed by atoms with Crippen molar-refractivity contribution in [3.8, 4) is 0 Å². The van der Waals surface area contributed by atoms with Gasteiger partial charge < -0.3 is 15.2 Å². The fraction of sp³-hybridized carbons (Fsp3) is 0.333. The Morgan fingerprint density at radius 2 is 2.28 bits per heavy atom. The van der Waals surface area contributed by atoms with Gasteiger partial charge in [0.1, 0.15) is 0 Å². The molecule has 0 radical (unpaired) electrons. The Bertz CT molecular complexity index is 453. The molecular weight excluding hydrogens is 254 g/mol. The molecule has 1 amide bonds. The fourth-order valence-electron chi connectivity index (χ4n) is 1.22. The molecule has 0 aliphatic rings. The maximum atomic E-state index is 11.4. The molecule has 1 aromatic heterocycles. The van der Waals surface area contributed by atoms with Gasteiger partial charge in [-0.25, -0.2) is 4.79 Å². The summed E-state index contributed by atoms with van der Waals surface area (Å²) in [7, 11) is 1.29. The number of carboxylic acid groups (broad SMARTS) is 1. The molecule has 1 heterocycles. The van der Waals surface area contributed by atoms with Crippen LogP contribution < -0.4 is 5.32 Å². The van der Waals surface area contributed by atoms with E-state index in [1.165, 1.54) is 18.1 Å². The number of methoxy groups -OCH3 is 1. The van der Waals surface area contributed by atoms with Crippen LogP contribution in [0.1, 0.15) is 9.75 Å². The van der Waals surface area contributed by atoms with Gasteiger partial charge in [0.2, 0.25) is 5.91 Å². The molecule has 1 atom stereocenters. The Morgan fingerprint density at radius 1 is 1.56 bits per heavy atom. The molecule has 2 N–H and O–H groups in total. The molecule has 18 heavy (non-hydrogen) atoms. The molecule has 0 aromatic carbocycles. The normalized spacial score (nSPS) is 12.6. The monoisotopic (exact) mass is 269 g/mol. The van der Waals surface area contributed by atoms with Gasteiger partial charge in [0.25, 0.3) is 0 Å². The SMILES string of the molecule is COC(CNC(=O)/C=C/c1ccc(C)s1)C(=O)O. The van der Waals surface area contributed by atoms with Crippen LogP contribution in [0.3, 0.4) is 0 Å². The van der Waals surface area contributed by atoms with Crippen molar-refractivity contribution in [1.82, 2.24) is 5.32 Å². The number of aliphatic carboxylic acids is 1. The van der Waals surface area contributed by atoms with Crippen molar-refractivity contribution < 1.29 is 19.4 Å². The fourth-order valence-corrected chi connectivity index (χ4v) is 2.00. The first kappa shape index (κ1) is 14.4. The molecule has 0 spiro atoms. The number of thiophene rings is 1. The highest BCUT2D eigenvalue weighted by molar-refractivity contribution is 7.12. The summed E-state index contributed by atoms with van der Waals surface area (Å²) in [6.45, 7) is 1.93. The van der Waals surface area contributed by atoms with Crippen molar-refractivity contribution in [1.29, 1.82) is 0 Å². The van der Waals surface area contributed by atoms with Crippen molar-refractivity contribution in [3.63, 3.8) is 0 Å². The third-order valence-corrected chi connectivity index (χ3v) is 3.15. The van der Waals surface area contributed by atoms with E-state index < -0.39 is 12.1 Å². The standard InChI is InChI=1S/C12H15NO4S/c1-8-3-4-9(18-8)5-6-11(14)13-7-10(17-2)12(15)16/h3-6,10H,7H2,1-2H3,(H,13,14)(H,15,16)/b6-5+. The van der Waals surface area contributed by atoms with Crippen molar-refractivity contribution in [2.45, 2.75) is 13.0 Å². The number of amides is 1. The number of carbonyl (C=O) groups is 2. The van der Waals surface area contributed by atoms with Crippen LogP contribution in [-0.4, -0.2) is 36.7 Å². The number of hydrogen-bond acceptors (Lipinski definition) is 4. The molecule has 5 nitrogen and oxygen atoms in total. The van der Waals surface area contributed by atoms with Gasteiger partial charge in [0, 0.05) is 22.9 Å². The van der Waals surface area contributed by atoms with Gasteiger partial charge in [-0.15, -0.1) is 11.3 Å². The summed E-state index contributed by atoms with van der Waals surface area (Å²) in [6.07, 6.45) is 2.04. The number of hydrogen-bond donors (Lipinski definition) is 2. The Balaban J connectivity index is 2.42. The number of carboxylic acids is 1. The van der Waals surface area contributed by atoms with Crippen LogP contribution in [0.15, 0.2) is 18.2 Å². The van der Waals surface area contributed by atoms with Gasteiger partial charge in [0.05, 0.1) is 6.54 Å². The number of nitrogens with one attached hydrogen (secondary N) is 1. The van der Waals surface area contributed by atoms with Crippen molar-refractivity contribution in [2.75, 3.05) is 13.7 Å². The minimum atomic E-state index is -1.10. The van der Waals surface area contributed by atoms with Crippen LogP contribution in [0.2, 0.25) is 0 Å². The summed E-state index contributed by atoms with van der Waals surface area (Å²) in [5.74, 6) is -1.44. The summed E-state index contributed by atoms with van der Waals surface area (Å²) in [4.78, 5) is 24.2. The second-order valence-electron chi connectivity index (χ2n) is 3.59. The maximum absolute atomic E-state index is 11.4. The molecule has 98 valence electrons. The average molecular weight is 269 g/mol. The zero-order chi connectivity index (χ0) is 13.5. The lowest BCUT2D eigenvalue weighted by molar-refractivity contribution is -0.148. The molecule has 0 bridgehead atoms. The average Bonchev–Trinajstić information content (AvgIpc) is 2.73. The zero-order valence-corrected chi connectivity index (χ0v) is 11.0. The van der Waals surface area contributed by atoms with Crippen LogP contribution in [0.25, 0.3) is 6.08 Å². The van der Waals surface area contributed by atoms with Gasteiger partial charge >= 0.3 is 5.97 Å². The summed E-state index contributed by atoms with van der Waals surface area (Å²) in [6, 6.07) is 3.88. The summed E-state index contributed by atoms with van der Waals surface area (Å²) < 4.78 is 4.69. The third kappa shape index (κ3) is 4.68. The topological polar surface area (TPSA) is 75.6 Å². The lowest BCUT2D eigenvalue weighted by atomic mass is 10.3. The first-order valence-electron chi connectivity index (χ1n) is 5.31. The molecule has 6 heteroatoms. The van der Waals surface area contributed by atoms with Crippen LogP contribution in [0.4, 0.5) is 0 Å². The molecule has 0 fully saturated rings. The highest BCUT2D eigenvalue weighted by atomic mass is 32.1. The summed E-state index contributed by atoms with van der Waals surface area (Å²) in [5.41, 5.74) is 0. The number of ether oxygens (including phenoxy) is 1. The largest absolute Gasteiger partial charge is 0.479 e. The predicted octanol–water partition coefficient (Wildman–Crippen LogP) is 1.29. The summed E-state index contributed by atoms with van der Waals surface area (Å²) in [5, 5.41) is 11.2. The lowest BCUT2D eigenvalue weighted by Gasteiger charge is -2.09. The first-order chi connectivity index (χ1) is 8.52. The zero-order valence-electron chi connectivity index (χ0n) is 10.2. The molecular formula is C12H15NO4S. The lowest BCUT2D eigenvalue weighted by Crippen LogP contribution is -2.37. The van der Waals surface area contributed by atoms with Gasteiger partial charge in [-0.1, -0.05) is 0 Å². The van der Waals surface area contributed by atoms with E-state index in [0.29, 0.717) is 0 Å². The molecule has 0 aliphatic carbocycles. The smallest absolute Gasteiger partial charge is 0.334 e. The van der Waals surface area contributed by atoms with Crippen LogP contribution in [-0.2, 0) is 14.3 Å². The first-order valence-corrected chi connectivity index (χ1v) is 6.12. The second kappa shape index (κ2) is 6.93. The number of aryl methyl sites for hydroxylation is 1. The van der Waals surface area contributed by atoms with Crippen molar-refractivity contribution in [2.24, 2.45) is 0 Å². The van der Waals surface area contributed by atoms with E-state index in [2.05, 4.69) is 5.32 Å². The van der Waals surface area contributed by atoms with E-state index in [-0.39, 0.29) is 12.5 Å². The van der Waals surface area contributed by atoms with Gasteiger partial charge in [-0.05, 0) is 25.1 Å². The van der Waals surface area contributed by atoms with Crippen molar-refractivity contribution in [3.05, 3.63) is 28.0 Å². The van der Waals surface area contributed by atoms with E-state index in [1.807, 2.05) is 19.1 Å². The Labute approximate surface area is 109 Å². The van der Waals surface area contributed by atoms with E-state index in [4.69, 9.17) is 9.84 Å².